The quantitative estimate of drug-likeness (QED) is 0.788. The molecule has 6 nitrogen and oxygen atoms in total. The maximum absolute atomic E-state index is 12.9. The summed E-state index contributed by atoms with van der Waals surface area (Å²) in [5.74, 6) is 1.26. The fourth-order valence-corrected chi connectivity index (χ4v) is 5.29. The minimum atomic E-state index is -0.412. The fraction of sp³-hybridized carbons (Fsp3) is 0.636. The van der Waals surface area contributed by atoms with E-state index in [1.807, 2.05) is 25.1 Å². The molecule has 0 bridgehead atoms. The van der Waals surface area contributed by atoms with Crippen LogP contribution in [0, 0.1) is 5.92 Å². The Labute approximate surface area is 166 Å². The van der Waals surface area contributed by atoms with Crippen LogP contribution in [-0.4, -0.2) is 49.6 Å². The molecule has 3 aliphatic rings. The zero-order chi connectivity index (χ0) is 19.7. The maximum Gasteiger partial charge on any atom is 0.306 e. The first-order valence-corrected chi connectivity index (χ1v) is 10.5. The Hall–Kier alpha value is -2.08. The van der Waals surface area contributed by atoms with Gasteiger partial charge in [0, 0.05) is 24.7 Å². The minimum Gasteiger partial charge on any atom is -0.497 e. The second-order valence-electron chi connectivity index (χ2n) is 8.34. The van der Waals surface area contributed by atoms with Gasteiger partial charge in [-0.15, -0.1) is 0 Å². The molecule has 1 saturated heterocycles. The number of hydrogen-bond acceptors (Lipinski definition) is 5. The molecule has 4 rings (SSSR count). The maximum atomic E-state index is 12.9. The number of rotatable bonds is 5. The molecular formula is C22H30N2O4. The molecule has 1 aliphatic carbocycles. The smallest absolute Gasteiger partial charge is 0.306 e. The number of nitrogens with one attached hydrogen (secondary N) is 1. The van der Waals surface area contributed by atoms with Gasteiger partial charge in [-0.1, -0.05) is 0 Å². The van der Waals surface area contributed by atoms with E-state index in [0.29, 0.717) is 25.0 Å². The molecule has 28 heavy (non-hydrogen) atoms. The van der Waals surface area contributed by atoms with Crippen molar-refractivity contribution >= 4 is 17.6 Å². The number of nitrogens with zero attached hydrogens (tertiary/aromatic N) is 1. The van der Waals surface area contributed by atoms with Crippen molar-refractivity contribution in [2.45, 2.75) is 56.9 Å². The highest BCUT2D eigenvalue weighted by molar-refractivity contribution is 6.06. The number of ether oxygens (including phenoxy) is 2. The van der Waals surface area contributed by atoms with Crippen molar-refractivity contribution in [3.8, 4) is 5.75 Å². The summed E-state index contributed by atoms with van der Waals surface area (Å²) in [5.41, 5.74) is 1.61. The van der Waals surface area contributed by atoms with Gasteiger partial charge >= 0.3 is 5.97 Å². The SMILES string of the molecule is CCOC(=O)C[C@H]1CCN(C2CCC3(CC2)C(=O)Nc2ccc(OC)cc23)C1. The average Bonchev–Trinajstić information content (AvgIpc) is 3.26. The second kappa shape index (κ2) is 7.74. The molecule has 1 saturated carbocycles. The largest absolute Gasteiger partial charge is 0.497 e. The second-order valence-corrected chi connectivity index (χ2v) is 8.34. The van der Waals surface area contributed by atoms with Crippen LogP contribution < -0.4 is 10.1 Å². The molecule has 1 aromatic rings. The van der Waals surface area contributed by atoms with Crippen molar-refractivity contribution in [2.24, 2.45) is 5.92 Å². The van der Waals surface area contributed by atoms with Gasteiger partial charge in [0.05, 0.1) is 19.1 Å². The fourth-order valence-electron chi connectivity index (χ4n) is 5.29. The highest BCUT2D eigenvalue weighted by Crippen LogP contribution is 2.49. The third-order valence-electron chi connectivity index (χ3n) is 6.83. The molecule has 2 aliphatic heterocycles. The highest BCUT2D eigenvalue weighted by Gasteiger charge is 2.49. The molecule has 6 heteroatoms. The van der Waals surface area contributed by atoms with E-state index in [1.165, 1.54) is 0 Å². The molecular weight excluding hydrogens is 356 g/mol. The molecule has 2 fully saturated rings. The zero-order valence-electron chi connectivity index (χ0n) is 16.8. The first-order chi connectivity index (χ1) is 13.6. The molecule has 152 valence electrons. The molecule has 0 aromatic heterocycles. The number of hydrogen-bond donors (Lipinski definition) is 1. The summed E-state index contributed by atoms with van der Waals surface area (Å²) in [6, 6.07) is 6.38. The van der Waals surface area contributed by atoms with Crippen LogP contribution >= 0.6 is 0 Å². The lowest BCUT2D eigenvalue weighted by atomic mass is 9.68. The predicted octanol–water partition coefficient (Wildman–Crippen LogP) is 3.10. The molecule has 1 atom stereocenters. The topological polar surface area (TPSA) is 67.9 Å². The molecule has 1 aromatic carbocycles. The van der Waals surface area contributed by atoms with E-state index in [-0.39, 0.29) is 11.9 Å². The third kappa shape index (κ3) is 3.39. The van der Waals surface area contributed by atoms with Crippen molar-refractivity contribution in [3.05, 3.63) is 23.8 Å². The Morgan fingerprint density at radius 3 is 2.79 bits per heavy atom. The zero-order valence-corrected chi connectivity index (χ0v) is 16.8. The van der Waals surface area contributed by atoms with Gasteiger partial charge in [0.1, 0.15) is 5.75 Å². The van der Waals surface area contributed by atoms with Crippen LogP contribution in [0.2, 0.25) is 0 Å². The van der Waals surface area contributed by atoms with Gasteiger partial charge in [0.2, 0.25) is 5.91 Å². The summed E-state index contributed by atoms with van der Waals surface area (Å²) in [6.45, 7) is 4.31. The first kappa shape index (κ1) is 19.2. The highest BCUT2D eigenvalue weighted by atomic mass is 16.5. The Morgan fingerprint density at radius 1 is 1.29 bits per heavy atom. The number of anilines is 1. The van der Waals surface area contributed by atoms with Gasteiger partial charge in [-0.05, 0) is 75.3 Å². The number of likely N-dealkylation sites (tertiary alicyclic amines) is 1. The van der Waals surface area contributed by atoms with Gasteiger partial charge in [-0.25, -0.2) is 0 Å². The summed E-state index contributed by atoms with van der Waals surface area (Å²) >= 11 is 0. The number of amides is 1. The number of methoxy groups -OCH3 is 1. The van der Waals surface area contributed by atoms with Gasteiger partial charge in [-0.3, -0.25) is 9.59 Å². The Bertz CT molecular complexity index is 755. The summed E-state index contributed by atoms with van der Waals surface area (Å²) in [4.78, 5) is 27.1. The average molecular weight is 386 g/mol. The number of fused-ring (bicyclic) bond motifs is 2. The van der Waals surface area contributed by atoms with Crippen LogP contribution in [0.1, 0.15) is 51.0 Å². The summed E-state index contributed by atoms with van der Waals surface area (Å²) in [5, 5.41) is 3.07. The van der Waals surface area contributed by atoms with E-state index in [1.54, 1.807) is 7.11 Å². The third-order valence-corrected chi connectivity index (χ3v) is 6.83. The van der Waals surface area contributed by atoms with Crippen LogP contribution in [0.5, 0.6) is 5.75 Å². The Balaban J connectivity index is 1.39. The molecule has 0 radical (unpaired) electrons. The van der Waals surface area contributed by atoms with Crippen molar-refractivity contribution < 1.29 is 19.1 Å². The lowest BCUT2D eigenvalue weighted by molar-refractivity contribution is -0.144. The van der Waals surface area contributed by atoms with Crippen LogP contribution in [0.25, 0.3) is 0 Å². The monoisotopic (exact) mass is 386 g/mol. The van der Waals surface area contributed by atoms with Crippen LogP contribution in [0.15, 0.2) is 18.2 Å². The summed E-state index contributed by atoms with van der Waals surface area (Å²) in [7, 11) is 1.66. The van der Waals surface area contributed by atoms with Gasteiger partial charge in [0.25, 0.3) is 0 Å². The van der Waals surface area contributed by atoms with Crippen LogP contribution in [0.3, 0.4) is 0 Å². The van der Waals surface area contributed by atoms with Gasteiger partial charge < -0.3 is 19.7 Å². The molecule has 1 spiro atoms. The Morgan fingerprint density at radius 2 is 2.07 bits per heavy atom. The Kier molecular flexibility index (Phi) is 5.32. The molecule has 2 heterocycles. The van der Waals surface area contributed by atoms with E-state index in [9.17, 15) is 9.59 Å². The molecule has 1 amide bonds. The van der Waals surface area contributed by atoms with Crippen LogP contribution in [-0.2, 0) is 19.7 Å². The first-order valence-electron chi connectivity index (χ1n) is 10.5. The standard InChI is InChI=1S/C22H30N2O4/c1-3-28-20(25)12-15-8-11-24(14-15)16-6-9-22(10-7-16)18-13-17(27-2)4-5-19(18)23-21(22)26/h4-5,13,15-16H,3,6-12,14H2,1-2H3,(H,23,26)/t15-,16?,22?/m1/s1. The lowest BCUT2D eigenvalue weighted by Gasteiger charge is -2.39. The van der Waals surface area contributed by atoms with Crippen molar-refractivity contribution in [1.82, 2.24) is 4.90 Å². The van der Waals surface area contributed by atoms with Crippen LogP contribution in [0.4, 0.5) is 5.69 Å². The number of esters is 1. The predicted molar refractivity (Wildman–Crippen MR) is 106 cm³/mol. The number of carbonyl (C=O) groups is 2. The summed E-state index contributed by atoms with van der Waals surface area (Å²) in [6.07, 6.45) is 5.33. The lowest BCUT2D eigenvalue weighted by Crippen LogP contribution is -2.44. The van der Waals surface area contributed by atoms with Gasteiger partial charge in [-0.2, -0.15) is 0 Å². The van der Waals surface area contributed by atoms with E-state index < -0.39 is 5.41 Å². The number of carbonyl (C=O) groups excluding carboxylic acids is 2. The minimum absolute atomic E-state index is 0.0786. The van der Waals surface area contributed by atoms with E-state index in [0.717, 1.165) is 62.2 Å². The van der Waals surface area contributed by atoms with E-state index in [4.69, 9.17) is 9.47 Å². The normalized spacial score (nSPS) is 29.6. The molecule has 0 unspecified atom stereocenters. The molecule has 1 N–H and O–H groups in total. The van der Waals surface area contributed by atoms with E-state index >= 15 is 0 Å². The van der Waals surface area contributed by atoms with Crippen molar-refractivity contribution in [1.29, 1.82) is 0 Å². The van der Waals surface area contributed by atoms with Crippen molar-refractivity contribution in [2.75, 3.05) is 32.1 Å². The van der Waals surface area contributed by atoms with Gasteiger partial charge in [0.15, 0.2) is 0 Å². The van der Waals surface area contributed by atoms with E-state index in [2.05, 4.69) is 10.2 Å². The van der Waals surface area contributed by atoms with Crippen molar-refractivity contribution in [3.63, 3.8) is 0 Å². The number of benzene rings is 1. The summed E-state index contributed by atoms with van der Waals surface area (Å²) < 4.78 is 10.5.